The van der Waals surface area contributed by atoms with Crippen LogP contribution in [0.25, 0.3) is 17.2 Å². The number of carbonyl (C=O) groups excluding carboxylic acids is 1. The van der Waals surface area contributed by atoms with Gasteiger partial charge < -0.3 is 14.2 Å². The molecule has 0 spiro atoms. The second-order valence-corrected chi connectivity index (χ2v) is 9.35. The van der Waals surface area contributed by atoms with E-state index in [1.165, 1.54) is 38.3 Å². The number of benzene rings is 1. The zero-order valence-electron chi connectivity index (χ0n) is 20.4. The van der Waals surface area contributed by atoms with Gasteiger partial charge in [0.2, 0.25) is 21.7 Å². The van der Waals surface area contributed by atoms with Gasteiger partial charge in [0.05, 0.1) is 21.3 Å². The fourth-order valence-corrected chi connectivity index (χ4v) is 4.34. The van der Waals surface area contributed by atoms with Crippen LogP contribution in [0.15, 0.2) is 48.8 Å². The molecule has 0 atom stereocenters. The first kappa shape index (κ1) is 25.5. The van der Waals surface area contributed by atoms with Crippen molar-refractivity contribution in [2.45, 2.75) is 12.7 Å². The number of carbonyl (C=O) groups is 1. The number of para-hydroxylation sites is 1. The summed E-state index contributed by atoms with van der Waals surface area (Å²) in [7, 11) is 0.150. The lowest BCUT2D eigenvalue weighted by Gasteiger charge is -2.17. The third kappa shape index (κ3) is 5.48. The van der Waals surface area contributed by atoms with E-state index in [1.54, 1.807) is 43.3 Å². The van der Waals surface area contributed by atoms with Crippen LogP contribution in [0.5, 0.6) is 17.4 Å². The van der Waals surface area contributed by atoms with E-state index in [2.05, 4.69) is 25.1 Å². The molecule has 37 heavy (non-hydrogen) atoms. The maximum atomic E-state index is 13.3. The number of sulfonamides is 1. The molecular weight excluding hydrogens is 502 g/mol. The third-order valence-corrected chi connectivity index (χ3v) is 6.19. The lowest BCUT2D eigenvalue weighted by Crippen LogP contribution is -2.34. The van der Waals surface area contributed by atoms with Gasteiger partial charge >= 0.3 is 5.91 Å². The lowest BCUT2D eigenvalue weighted by atomic mass is 10.2. The number of amides is 1. The largest absolute Gasteiger partial charge is 0.494 e. The normalized spacial score (nSPS) is 11.1. The monoisotopic (exact) mass is 527 g/mol. The van der Waals surface area contributed by atoms with Gasteiger partial charge in [-0.15, -0.1) is 10.2 Å². The number of rotatable bonds is 9. The van der Waals surface area contributed by atoms with Gasteiger partial charge in [0.1, 0.15) is 34.5 Å². The molecule has 0 unspecified atom stereocenters. The minimum atomic E-state index is -4.20. The Morgan fingerprint density at radius 2 is 1.62 bits per heavy atom. The summed E-state index contributed by atoms with van der Waals surface area (Å²) in [6.45, 7) is 1.77. The smallest absolute Gasteiger partial charge is 0.303 e. The molecule has 0 radical (unpaired) electrons. The SMILES string of the molecule is COc1cccc(-c2nnc(C(=O)NS(=O)(=O)Cc3ncc(C)cn3)n2-c2c(OC)cccc2OC)n1.[HH]. The van der Waals surface area contributed by atoms with Gasteiger partial charge in [-0.25, -0.2) is 28.1 Å². The summed E-state index contributed by atoms with van der Waals surface area (Å²) >= 11 is 0. The van der Waals surface area contributed by atoms with Gasteiger partial charge in [-0.1, -0.05) is 12.1 Å². The van der Waals surface area contributed by atoms with Crippen LogP contribution in [-0.2, 0) is 15.8 Å². The Balaban J connectivity index is 0.00000400. The molecular formula is C23H25N7O6S. The Bertz CT molecular complexity index is 1520. The van der Waals surface area contributed by atoms with Crippen LogP contribution < -0.4 is 18.9 Å². The third-order valence-electron chi connectivity index (χ3n) is 5.06. The molecule has 4 rings (SSSR count). The summed E-state index contributed by atoms with van der Waals surface area (Å²) in [5.74, 6) is -0.939. The van der Waals surface area contributed by atoms with Gasteiger partial charge in [0, 0.05) is 19.9 Å². The van der Waals surface area contributed by atoms with Crippen molar-refractivity contribution in [2.24, 2.45) is 0 Å². The van der Waals surface area contributed by atoms with E-state index < -0.39 is 21.7 Å². The molecule has 0 aliphatic heterocycles. The molecule has 0 saturated carbocycles. The quantitative estimate of drug-likeness (QED) is 0.339. The highest BCUT2D eigenvalue weighted by Gasteiger charge is 2.29. The maximum absolute atomic E-state index is 13.3. The molecule has 0 aliphatic rings. The van der Waals surface area contributed by atoms with Crippen molar-refractivity contribution in [3.63, 3.8) is 0 Å². The molecule has 3 heterocycles. The minimum absolute atomic E-state index is 0. The average molecular weight is 528 g/mol. The number of aryl methyl sites for hydroxylation is 1. The van der Waals surface area contributed by atoms with Crippen LogP contribution in [0.3, 0.4) is 0 Å². The molecule has 13 nitrogen and oxygen atoms in total. The first-order chi connectivity index (χ1) is 17.8. The summed E-state index contributed by atoms with van der Waals surface area (Å²) in [5.41, 5.74) is 1.33. The Morgan fingerprint density at radius 1 is 0.973 bits per heavy atom. The fourth-order valence-electron chi connectivity index (χ4n) is 3.40. The highest BCUT2D eigenvalue weighted by Crippen LogP contribution is 2.36. The maximum Gasteiger partial charge on any atom is 0.303 e. The summed E-state index contributed by atoms with van der Waals surface area (Å²) in [4.78, 5) is 25.6. The fraction of sp³-hybridized carbons (Fsp3) is 0.217. The number of pyridine rings is 1. The molecule has 3 aromatic heterocycles. The van der Waals surface area contributed by atoms with Crippen LogP contribution in [0.1, 0.15) is 23.4 Å². The van der Waals surface area contributed by atoms with Gasteiger partial charge in [-0.3, -0.25) is 9.36 Å². The first-order valence-electron chi connectivity index (χ1n) is 10.8. The number of nitrogens with zero attached hydrogens (tertiary/aromatic N) is 6. The van der Waals surface area contributed by atoms with Crippen molar-refractivity contribution >= 4 is 15.9 Å². The van der Waals surface area contributed by atoms with Crippen LogP contribution in [0, 0.1) is 6.92 Å². The highest BCUT2D eigenvalue weighted by atomic mass is 32.2. The van der Waals surface area contributed by atoms with Crippen molar-refractivity contribution < 1.29 is 28.8 Å². The van der Waals surface area contributed by atoms with Crippen molar-refractivity contribution in [1.29, 1.82) is 0 Å². The molecule has 1 aromatic carbocycles. The number of ether oxygens (including phenoxy) is 3. The number of aromatic nitrogens is 6. The van der Waals surface area contributed by atoms with Gasteiger partial charge in [0.15, 0.2) is 5.82 Å². The van der Waals surface area contributed by atoms with E-state index in [0.29, 0.717) is 23.1 Å². The molecule has 1 N–H and O–H groups in total. The molecule has 0 aliphatic carbocycles. The van der Waals surface area contributed by atoms with Crippen molar-refractivity contribution in [2.75, 3.05) is 21.3 Å². The van der Waals surface area contributed by atoms with Crippen LogP contribution >= 0.6 is 0 Å². The van der Waals surface area contributed by atoms with Crippen molar-refractivity contribution in [1.82, 2.24) is 34.4 Å². The average Bonchev–Trinajstić information content (AvgIpc) is 3.34. The Labute approximate surface area is 214 Å². The molecule has 0 fully saturated rings. The number of methoxy groups -OCH3 is 3. The predicted octanol–water partition coefficient (Wildman–Crippen LogP) is 1.96. The Kier molecular flexibility index (Phi) is 7.29. The first-order valence-corrected chi connectivity index (χ1v) is 12.4. The number of nitrogens with one attached hydrogen (secondary N) is 1. The molecule has 194 valence electrons. The molecule has 14 heteroatoms. The van der Waals surface area contributed by atoms with Gasteiger partial charge in [-0.05, 0) is 30.7 Å². The summed E-state index contributed by atoms with van der Waals surface area (Å²) in [6.07, 6.45) is 2.97. The van der Waals surface area contributed by atoms with Crippen LogP contribution in [0.2, 0.25) is 0 Å². The number of hydrogen-bond donors (Lipinski definition) is 1. The Morgan fingerprint density at radius 3 is 2.24 bits per heavy atom. The van der Waals surface area contributed by atoms with E-state index in [4.69, 9.17) is 14.2 Å². The zero-order valence-corrected chi connectivity index (χ0v) is 21.2. The lowest BCUT2D eigenvalue weighted by molar-refractivity contribution is 0.0969. The highest BCUT2D eigenvalue weighted by molar-refractivity contribution is 7.89. The van der Waals surface area contributed by atoms with E-state index >= 15 is 0 Å². The minimum Gasteiger partial charge on any atom is -0.494 e. The van der Waals surface area contributed by atoms with E-state index in [-0.39, 0.29) is 24.6 Å². The number of hydrogen-bond acceptors (Lipinski definition) is 11. The predicted molar refractivity (Wildman–Crippen MR) is 133 cm³/mol. The molecule has 0 saturated heterocycles. The zero-order chi connectivity index (χ0) is 26.6. The van der Waals surface area contributed by atoms with Crippen molar-refractivity contribution in [3.05, 3.63) is 66.0 Å². The standard InChI is InChI=1S/C23H23N7O6S.H2/c1-14-11-24-18(25-12-14)13-37(32,33)29-23(31)22-28-27-21(15-7-5-10-19(26-15)36-4)30(22)20-16(34-2)8-6-9-17(20)35-3;/h5-12H,13H2,1-4H3,(H,29,31);1H. The van der Waals surface area contributed by atoms with Crippen LogP contribution in [-0.4, -0.2) is 65.4 Å². The van der Waals surface area contributed by atoms with E-state index in [9.17, 15) is 13.2 Å². The molecule has 4 aromatic rings. The van der Waals surface area contributed by atoms with Crippen molar-refractivity contribution in [3.8, 4) is 34.6 Å². The van der Waals surface area contributed by atoms with Gasteiger partial charge in [0.25, 0.3) is 0 Å². The van der Waals surface area contributed by atoms with E-state index in [0.717, 1.165) is 5.56 Å². The second-order valence-electron chi connectivity index (χ2n) is 7.63. The molecule has 0 bridgehead atoms. The Hall–Kier alpha value is -4.59. The topological polar surface area (TPSA) is 160 Å². The summed E-state index contributed by atoms with van der Waals surface area (Å²) < 4.78 is 45.1. The van der Waals surface area contributed by atoms with Gasteiger partial charge in [-0.2, -0.15) is 0 Å². The molecule has 1 amide bonds. The summed E-state index contributed by atoms with van der Waals surface area (Å²) in [5, 5.41) is 8.13. The second kappa shape index (κ2) is 10.6. The van der Waals surface area contributed by atoms with Crippen LogP contribution in [0.4, 0.5) is 0 Å². The summed E-state index contributed by atoms with van der Waals surface area (Å²) in [6, 6.07) is 9.95. The van der Waals surface area contributed by atoms with E-state index in [1.807, 2.05) is 4.72 Å².